The summed E-state index contributed by atoms with van der Waals surface area (Å²) < 4.78 is 0. The number of rotatable bonds is 3. The molecule has 0 saturated heterocycles. The molecule has 76 valence electrons. The summed E-state index contributed by atoms with van der Waals surface area (Å²) in [6.07, 6.45) is 7.50. The van der Waals surface area contributed by atoms with E-state index in [4.69, 9.17) is 5.26 Å². The molecule has 1 aliphatic carbocycles. The first-order valence-electron chi connectivity index (χ1n) is 4.92. The van der Waals surface area contributed by atoms with Crippen molar-refractivity contribution in [1.29, 1.82) is 5.26 Å². The van der Waals surface area contributed by atoms with Crippen molar-refractivity contribution >= 4 is 12.4 Å². The van der Waals surface area contributed by atoms with Crippen LogP contribution < -0.4 is 0 Å². The largest absolute Gasteiger partial charge is 0.302 e. The fourth-order valence-corrected chi connectivity index (χ4v) is 1.93. The van der Waals surface area contributed by atoms with Gasteiger partial charge in [-0.2, -0.15) is 5.26 Å². The molecule has 0 aromatic heterocycles. The number of nitriles is 1. The number of halogens is 1. The highest BCUT2D eigenvalue weighted by Gasteiger charge is 2.16. The summed E-state index contributed by atoms with van der Waals surface area (Å²) >= 11 is 0. The van der Waals surface area contributed by atoms with E-state index < -0.39 is 0 Å². The second-order valence-corrected chi connectivity index (χ2v) is 3.68. The second-order valence-electron chi connectivity index (χ2n) is 3.68. The molecule has 1 fully saturated rings. The lowest BCUT2D eigenvalue weighted by Gasteiger charge is -2.30. The zero-order valence-electron chi connectivity index (χ0n) is 8.33. The minimum atomic E-state index is 0. The minimum absolute atomic E-state index is 0. The van der Waals surface area contributed by atoms with Crippen molar-refractivity contribution in [2.24, 2.45) is 0 Å². The standard InChI is InChI=1S/C10H18N2.ClH/c1-12(9-5-8-11)10-6-3-2-4-7-10;/h10H,2-7,9H2,1H3;1H. The van der Waals surface area contributed by atoms with Crippen molar-refractivity contribution in [2.75, 3.05) is 13.6 Å². The lowest BCUT2D eigenvalue weighted by atomic mass is 9.94. The van der Waals surface area contributed by atoms with Crippen molar-refractivity contribution < 1.29 is 0 Å². The third-order valence-electron chi connectivity index (χ3n) is 2.77. The second kappa shape index (κ2) is 7.17. The van der Waals surface area contributed by atoms with Crippen LogP contribution in [0, 0.1) is 11.3 Å². The van der Waals surface area contributed by atoms with Crippen molar-refractivity contribution in [3.05, 3.63) is 0 Å². The van der Waals surface area contributed by atoms with Gasteiger partial charge in [-0.05, 0) is 19.9 Å². The van der Waals surface area contributed by atoms with Gasteiger partial charge in [0, 0.05) is 19.0 Å². The van der Waals surface area contributed by atoms with Gasteiger partial charge in [-0.15, -0.1) is 12.4 Å². The van der Waals surface area contributed by atoms with Gasteiger partial charge in [0.1, 0.15) is 0 Å². The van der Waals surface area contributed by atoms with Gasteiger partial charge < -0.3 is 4.90 Å². The average Bonchev–Trinajstić information content (AvgIpc) is 2.15. The molecule has 0 atom stereocenters. The summed E-state index contributed by atoms with van der Waals surface area (Å²) in [5.41, 5.74) is 0. The van der Waals surface area contributed by atoms with Crippen LogP contribution in [-0.4, -0.2) is 24.5 Å². The van der Waals surface area contributed by atoms with Gasteiger partial charge in [0.25, 0.3) is 0 Å². The van der Waals surface area contributed by atoms with Crippen LogP contribution in [0.5, 0.6) is 0 Å². The quantitative estimate of drug-likeness (QED) is 0.704. The fraction of sp³-hybridized carbons (Fsp3) is 0.900. The Morgan fingerprint density at radius 3 is 2.46 bits per heavy atom. The summed E-state index contributed by atoms with van der Waals surface area (Å²) in [6, 6.07) is 2.95. The van der Waals surface area contributed by atoms with Crippen LogP contribution in [-0.2, 0) is 0 Å². The zero-order chi connectivity index (χ0) is 8.81. The van der Waals surface area contributed by atoms with E-state index in [1.807, 2.05) is 0 Å². The van der Waals surface area contributed by atoms with E-state index in [1.54, 1.807) is 0 Å². The molecule has 0 aromatic carbocycles. The summed E-state index contributed by atoms with van der Waals surface area (Å²) in [5.74, 6) is 0. The maximum atomic E-state index is 8.44. The number of nitrogens with zero attached hydrogens (tertiary/aromatic N) is 2. The van der Waals surface area contributed by atoms with Crippen LogP contribution in [0.3, 0.4) is 0 Å². The Morgan fingerprint density at radius 1 is 1.31 bits per heavy atom. The first kappa shape index (κ1) is 12.7. The molecule has 1 saturated carbocycles. The Hall–Kier alpha value is -0.260. The third kappa shape index (κ3) is 4.50. The maximum Gasteiger partial charge on any atom is 0.0635 e. The highest BCUT2D eigenvalue weighted by Crippen LogP contribution is 2.21. The first-order chi connectivity index (χ1) is 5.84. The summed E-state index contributed by atoms with van der Waals surface area (Å²) in [5, 5.41) is 8.44. The number of hydrogen-bond donors (Lipinski definition) is 0. The van der Waals surface area contributed by atoms with Crippen molar-refractivity contribution in [2.45, 2.75) is 44.6 Å². The lowest BCUT2D eigenvalue weighted by molar-refractivity contribution is 0.195. The van der Waals surface area contributed by atoms with Crippen molar-refractivity contribution in [3.63, 3.8) is 0 Å². The summed E-state index contributed by atoms with van der Waals surface area (Å²) in [4.78, 5) is 2.35. The van der Waals surface area contributed by atoms with E-state index in [-0.39, 0.29) is 12.4 Å². The smallest absolute Gasteiger partial charge is 0.0635 e. The molecule has 0 aliphatic heterocycles. The monoisotopic (exact) mass is 202 g/mol. The molecule has 3 heteroatoms. The van der Waals surface area contributed by atoms with Gasteiger partial charge >= 0.3 is 0 Å². The zero-order valence-corrected chi connectivity index (χ0v) is 9.15. The molecule has 0 aromatic rings. The molecule has 0 unspecified atom stereocenters. The lowest BCUT2D eigenvalue weighted by Crippen LogP contribution is -2.33. The van der Waals surface area contributed by atoms with Gasteiger partial charge in [-0.1, -0.05) is 19.3 Å². The van der Waals surface area contributed by atoms with E-state index in [1.165, 1.54) is 32.1 Å². The van der Waals surface area contributed by atoms with Crippen LogP contribution in [0.4, 0.5) is 0 Å². The molecular weight excluding hydrogens is 184 g/mol. The predicted molar refractivity (Wildman–Crippen MR) is 57.0 cm³/mol. The summed E-state index contributed by atoms with van der Waals surface area (Å²) in [6.45, 7) is 0.946. The Labute approximate surface area is 87.3 Å². The van der Waals surface area contributed by atoms with Gasteiger partial charge in [0.2, 0.25) is 0 Å². The number of hydrogen-bond acceptors (Lipinski definition) is 2. The summed E-state index contributed by atoms with van der Waals surface area (Å²) in [7, 11) is 2.15. The van der Waals surface area contributed by atoms with Crippen molar-refractivity contribution in [3.8, 4) is 6.07 Å². The predicted octanol–water partition coefficient (Wildman–Crippen LogP) is 2.59. The molecule has 13 heavy (non-hydrogen) atoms. The van der Waals surface area contributed by atoms with Crippen LogP contribution >= 0.6 is 12.4 Å². The van der Waals surface area contributed by atoms with Gasteiger partial charge in [-0.3, -0.25) is 0 Å². The molecule has 1 aliphatic rings. The molecule has 0 bridgehead atoms. The Morgan fingerprint density at radius 2 is 1.92 bits per heavy atom. The molecule has 0 heterocycles. The highest BCUT2D eigenvalue weighted by molar-refractivity contribution is 5.85. The van der Waals surface area contributed by atoms with E-state index in [0.29, 0.717) is 6.42 Å². The Balaban J connectivity index is 0.00000144. The van der Waals surface area contributed by atoms with E-state index in [0.717, 1.165) is 12.6 Å². The first-order valence-corrected chi connectivity index (χ1v) is 4.92. The maximum absolute atomic E-state index is 8.44. The van der Waals surface area contributed by atoms with Crippen molar-refractivity contribution in [1.82, 2.24) is 4.90 Å². The van der Waals surface area contributed by atoms with Gasteiger partial charge in [0.05, 0.1) is 6.07 Å². The SMILES string of the molecule is CN(CCC#N)C1CCCCC1.Cl. The molecular formula is C10H19ClN2. The molecule has 0 amide bonds. The molecule has 2 nitrogen and oxygen atoms in total. The van der Waals surface area contributed by atoms with Gasteiger partial charge in [-0.25, -0.2) is 0 Å². The van der Waals surface area contributed by atoms with E-state index >= 15 is 0 Å². The minimum Gasteiger partial charge on any atom is -0.302 e. The molecule has 0 radical (unpaired) electrons. The van der Waals surface area contributed by atoms with E-state index in [9.17, 15) is 0 Å². The van der Waals surface area contributed by atoms with E-state index in [2.05, 4.69) is 18.0 Å². The normalized spacial score (nSPS) is 17.9. The molecule has 0 N–H and O–H groups in total. The topological polar surface area (TPSA) is 27.0 Å². The van der Waals surface area contributed by atoms with Crippen LogP contribution in [0.2, 0.25) is 0 Å². The van der Waals surface area contributed by atoms with Crippen LogP contribution in [0.1, 0.15) is 38.5 Å². The Kier molecular flexibility index (Phi) is 7.03. The third-order valence-corrected chi connectivity index (χ3v) is 2.77. The van der Waals surface area contributed by atoms with Crippen LogP contribution in [0.25, 0.3) is 0 Å². The van der Waals surface area contributed by atoms with Crippen LogP contribution in [0.15, 0.2) is 0 Å². The Bertz CT molecular complexity index is 159. The molecule has 1 rings (SSSR count). The average molecular weight is 203 g/mol. The van der Waals surface area contributed by atoms with Gasteiger partial charge in [0.15, 0.2) is 0 Å². The fourth-order valence-electron chi connectivity index (χ4n) is 1.93. The highest BCUT2D eigenvalue weighted by atomic mass is 35.5. The molecule has 0 spiro atoms.